The van der Waals surface area contributed by atoms with Gasteiger partial charge in [0, 0.05) is 17.7 Å². The molecule has 1 fully saturated rings. The van der Waals surface area contributed by atoms with E-state index < -0.39 is 12.0 Å². The first-order valence-corrected chi connectivity index (χ1v) is 9.55. The molecule has 1 saturated carbocycles. The zero-order valence-electron chi connectivity index (χ0n) is 14.9. The first-order chi connectivity index (χ1) is 12.7. The molecule has 1 heterocycles. The van der Waals surface area contributed by atoms with Gasteiger partial charge in [-0.05, 0) is 30.9 Å². The third-order valence-electron chi connectivity index (χ3n) is 5.62. The zero-order chi connectivity index (χ0) is 17.9. The Balaban J connectivity index is 1.52. The highest BCUT2D eigenvalue weighted by Crippen LogP contribution is 2.43. The fourth-order valence-electron chi connectivity index (χ4n) is 4.19. The predicted octanol–water partition coefficient (Wildman–Crippen LogP) is 3.98. The largest absolute Gasteiger partial charge is 0.457 e. The second kappa shape index (κ2) is 7.50. The normalized spacial score (nSPS) is 18.3. The summed E-state index contributed by atoms with van der Waals surface area (Å²) in [5.74, 6) is 1.26. The van der Waals surface area contributed by atoms with E-state index in [0.29, 0.717) is 12.5 Å². The number of fused-ring (bicyclic) bond motifs is 2. The molecule has 0 aromatic heterocycles. The van der Waals surface area contributed by atoms with Gasteiger partial charge in [-0.25, -0.2) is 0 Å². The molecule has 0 bridgehead atoms. The lowest BCUT2D eigenvalue weighted by Gasteiger charge is -2.29. The van der Waals surface area contributed by atoms with Gasteiger partial charge in [-0.15, -0.1) is 0 Å². The lowest BCUT2D eigenvalue weighted by molar-refractivity contribution is -0.122. The average molecular weight is 351 g/mol. The summed E-state index contributed by atoms with van der Waals surface area (Å²) < 4.78 is 5.95. The van der Waals surface area contributed by atoms with E-state index >= 15 is 0 Å². The molecular formula is C22H25NO3. The Labute approximate surface area is 154 Å². The lowest BCUT2D eigenvalue weighted by Crippen LogP contribution is -2.39. The molecule has 1 amide bonds. The van der Waals surface area contributed by atoms with Crippen LogP contribution in [0.3, 0.4) is 0 Å². The van der Waals surface area contributed by atoms with Crippen molar-refractivity contribution in [2.24, 2.45) is 5.92 Å². The number of ether oxygens (including phenoxy) is 1. The van der Waals surface area contributed by atoms with Crippen molar-refractivity contribution in [3.63, 3.8) is 0 Å². The molecule has 4 heteroatoms. The van der Waals surface area contributed by atoms with E-state index in [4.69, 9.17) is 4.74 Å². The van der Waals surface area contributed by atoms with E-state index in [0.717, 1.165) is 35.5 Å². The third kappa shape index (κ3) is 3.34. The molecular weight excluding hydrogens is 326 g/mol. The van der Waals surface area contributed by atoms with Gasteiger partial charge in [0.2, 0.25) is 5.91 Å². The topological polar surface area (TPSA) is 58.6 Å². The summed E-state index contributed by atoms with van der Waals surface area (Å²) >= 11 is 0. The Morgan fingerprint density at radius 3 is 2.19 bits per heavy atom. The number of nitrogens with one attached hydrogen (secondary N) is 1. The zero-order valence-corrected chi connectivity index (χ0v) is 14.9. The second-order valence-corrected chi connectivity index (χ2v) is 7.32. The molecule has 1 atom stereocenters. The maximum atomic E-state index is 13.0. The van der Waals surface area contributed by atoms with Crippen LogP contribution in [-0.4, -0.2) is 23.7 Å². The van der Waals surface area contributed by atoms with Crippen molar-refractivity contribution in [1.82, 2.24) is 5.32 Å². The van der Waals surface area contributed by atoms with Gasteiger partial charge in [0.1, 0.15) is 11.5 Å². The number of carbonyl (C=O) groups excluding carboxylic acids is 1. The van der Waals surface area contributed by atoms with Crippen molar-refractivity contribution in [2.45, 2.75) is 44.1 Å². The maximum absolute atomic E-state index is 13.0. The summed E-state index contributed by atoms with van der Waals surface area (Å²) in [6, 6.07) is 15.3. The summed E-state index contributed by atoms with van der Waals surface area (Å²) in [4.78, 5) is 13.0. The number of carbonyl (C=O) groups is 1. The summed E-state index contributed by atoms with van der Waals surface area (Å²) in [6.45, 7) is 0.311. The van der Waals surface area contributed by atoms with Crippen LogP contribution >= 0.6 is 0 Å². The Morgan fingerprint density at radius 1 is 1.00 bits per heavy atom. The summed E-state index contributed by atoms with van der Waals surface area (Å²) in [6.07, 6.45) is 5.25. The van der Waals surface area contributed by atoms with Crippen LogP contribution in [0.2, 0.25) is 0 Å². The fraction of sp³-hybridized carbons (Fsp3) is 0.409. The third-order valence-corrected chi connectivity index (χ3v) is 5.62. The van der Waals surface area contributed by atoms with E-state index in [1.165, 1.54) is 19.3 Å². The van der Waals surface area contributed by atoms with Gasteiger partial charge in [-0.3, -0.25) is 4.79 Å². The number of amides is 1. The molecule has 0 saturated heterocycles. The van der Waals surface area contributed by atoms with Crippen molar-refractivity contribution in [3.8, 4) is 11.5 Å². The van der Waals surface area contributed by atoms with Crippen LogP contribution in [0.4, 0.5) is 0 Å². The first-order valence-electron chi connectivity index (χ1n) is 9.55. The van der Waals surface area contributed by atoms with Crippen molar-refractivity contribution < 1.29 is 14.6 Å². The Hall–Kier alpha value is -2.33. The maximum Gasteiger partial charge on any atom is 0.232 e. The number of aliphatic hydroxyl groups is 1. The molecule has 1 unspecified atom stereocenters. The SMILES string of the molecule is O=C(NCC(O)C1CCCCC1)C1c2ccccc2Oc2ccccc21. The van der Waals surface area contributed by atoms with Crippen molar-refractivity contribution >= 4 is 5.91 Å². The van der Waals surface area contributed by atoms with Crippen LogP contribution in [0.15, 0.2) is 48.5 Å². The number of para-hydroxylation sites is 2. The molecule has 26 heavy (non-hydrogen) atoms. The van der Waals surface area contributed by atoms with Crippen molar-refractivity contribution in [2.75, 3.05) is 6.54 Å². The van der Waals surface area contributed by atoms with Crippen LogP contribution < -0.4 is 10.1 Å². The first kappa shape index (κ1) is 17.1. The molecule has 1 aliphatic carbocycles. The van der Waals surface area contributed by atoms with E-state index in [2.05, 4.69) is 5.32 Å². The Bertz CT molecular complexity index is 737. The van der Waals surface area contributed by atoms with E-state index in [-0.39, 0.29) is 5.91 Å². The van der Waals surface area contributed by atoms with Crippen molar-refractivity contribution in [3.05, 3.63) is 59.7 Å². The molecule has 136 valence electrons. The summed E-state index contributed by atoms with van der Waals surface area (Å²) in [5, 5.41) is 13.5. The van der Waals surface area contributed by atoms with E-state index in [1.807, 2.05) is 48.5 Å². The molecule has 0 radical (unpaired) electrons. The molecule has 2 aromatic rings. The van der Waals surface area contributed by atoms with Gasteiger partial charge in [-0.1, -0.05) is 55.7 Å². The molecule has 4 nitrogen and oxygen atoms in total. The van der Waals surface area contributed by atoms with Crippen molar-refractivity contribution in [1.29, 1.82) is 0 Å². The van der Waals surface area contributed by atoms with E-state index in [9.17, 15) is 9.90 Å². The number of hydrogen-bond donors (Lipinski definition) is 2. The van der Waals surface area contributed by atoms with Crippen LogP contribution in [-0.2, 0) is 4.79 Å². The smallest absolute Gasteiger partial charge is 0.232 e. The van der Waals surface area contributed by atoms with Gasteiger partial charge < -0.3 is 15.2 Å². The van der Waals surface area contributed by atoms with Gasteiger partial charge in [0.15, 0.2) is 0 Å². The quantitative estimate of drug-likeness (QED) is 0.876. The predicted molar refractivity (Wildman–Crippen MR) is 100 cm³/mol. The van der Waals surface area contributed by atoms with Crippen LogP contribution in [0, 0.1) is 5.92 Å². The average Bonchev–Trinajstić information content (AvgIpc) is 2.70. The van der Waals surface area contributed by atoms with Crippen LogP contribution in [0.5, 0.6) is 11.5 Å². The van der Waals surface area contributed by atoms with E-state index in [1.54, 1.807) is 0 Å². The molecule has 2 N–H and O–H groups in total. The molecule has 2 aromatic carbocycles. The second-order valence-electron chi connectivity index (χ2n) is 7.32. The number of hydrogen-bond acceptors (Lipinski definition) is 3. The highest BCUT2D eigenvalue weighted by Gasteiger charge is 2.33. The Morgan fingerprint density at radius 2 is 1.58 bits per heavy atom. The minimum Gasteiger partial charge on any atom is -0.457 e. The molecule has 0 spiro atoms. The van der Waals surface area contributed by atoms with Gasteiger partial charge in [0.05, 0.1) is 12.0 Å². The standard InChI is InChI=1S/C22H25NO3/c24-18(15-8-2-1-3-9-15)14-23-22(25)21-16-10-4-6-12-19(16)26-20-13-7-5-11-17(20)21/h4-7,10-13,15,18,21,24H,1-3,8-9,14H2,(H,23,25). The number of benzene rings is 2. The molecule has 4 rings (SSSR count). The highest BCUT2D eigenvalue weighted by molar-refractivity contribution is 5.89. The molecule has 2 aliphatic rings. The number of aliphatic hydroxyl groups excluding tert-OH is 1. The molecule has 1 aliphatic heterocycles. The summed E-state index contributed by atoms with van der Waals surface area (Å²) in [5.41, 5.74) is 1.74. The highest BCUT2D eigenvalue weighted by atomic mass is 16.5. The fourth-order valence-corrected chi connectivity index (χ4v) is 4.19. The lowest BCUT2D eigenvalue weighted by atomic mass is 9.84. The summed E-state index contributed by atoms with van der Waals surface area (Å²) in [7, 11) is 0. The van der Waals surface area contributed by atoms with Crippen LogP contribution in [0.1, 0.15) is 49.1 Å². The van der Waals surface area contributed by atoms with Gasteiger partial charge in [-0.2, -0.15) is 0 Å². The monoisotopic (exact) mass is 351 g/mol. The minimum absolute atomic E-state index is 0.0805. The van der Waals surface area contributed by atoms with Crippen LogP contribution in [0.25, 0.3) is 0 Å². The Kier molecular flexibility index (Phi) is 4.93. The minimum atomic E-state index is -0.468. The van der Waals surface area contributed by atoms with Gasteiger partial charge in [0.25, 0.3) is 0 Å². The van der Waals surface area contributed by atoms with Gasteiger partial charge >= 0.3 is 0 Å². The number of rotatable bonds is 4.